The molecule has 4 rings (SSSR count). The van der Waals surface area contributed by atoms with Gasteiger partial charge < -0.3 is 0 Å². The Morgan fingerprint density at radius 2 is 1.48 bits per heavy atom. The van der Waals surface area contributed by atoms with Gasteiger partial charge in [-0.25, -0.2) is 0 Å². The number of hydrogen-bond acceptors (Lipinski definition) is 0. The Hall–Kier alpha value is -1.27. The molecule has 0 saturated carbocycles. The van der Waals surface area contributed by atoms with Crippen LogP contribution in [0.15, 0.2) is 78.9 Å². The second kappa shape index (κ2) is 10.7. The average molecular weight is 500 g/mol. The van der Waals surface area contributed by atoms with Crippen LogP contribution in [0.4, 0.5) is 0 Å². The summed E-state index contributed by atoms with van der Waals surface area (Å²) in [4.78, 5) is 0. The molecule has 0 saturated heterocycles. The molecule has 0 nitrogen and oxygen atoms in total. The van der Waals surface area contributed by atoms with Crippen LogP contribution in [0.25, 0.3) is 33.0 Å². The third-order valence-electron chi connectivity index (χ3n) is 5.08. The van der Waals surface area contributed by atoms with Crippen LogP contribution in [0.2, 0.25) is 0 Å². The van der Waals surface area contributed by atoms with Gasteiger partial charge in [0, 0.05) is 0 Å². The maximum absolute atomic E-state index is 4.93. The number of aryl methyl sites for hydroxylation is 1. The van der Waals surface area contributed by atoms with Crippen molar-refractivity contribution in [3.05, 3.63) is 90.0 Å². The molecule has 0 N–H and O–H groups in total. The molecule has 0 atom stereocenters. The summed E-state index contributed by atoms with van der Waals surface area (Å²) in [5.74, 6) is 0.674. The first-order valence-electron chi connectivity index (χ1n) is 9.85. The van der Waals surface area contributed by atoms with Gasteiger partial charge in [-0.3, -0.25) is 0 Å². The maximum atomic E-state index is 4.93. The van der Waals surface area contributed by atoms with Crippen molar-refractivity contribution in [1.29, 1.82) is 0 Å². The van der Waals surface area contributed by atoms with E-state index in [1.54, 1.807) is 0 Å². The summed E-state index contributed by atoms with van der Waals surface area (Å²) < 4.78 is 0. The van der Waals surface area contributed by atoms with Crippen LogP contribution in [-0.2, 0) is 27.3 Å². The number of rotatable bonds is 4. The molecule has 3 heteroatoms. The van der Waals surface area contributed by atoms with Gasteiger partial charge in [-0.05, 0) is 36.0 Å². The number of fused-ring (bicyclic) bond motifs is 1. The SMILES string of the molecule is Cc1ccc2[cH-]c(CC(C)C)cc2c1-c1ccccc1-c1ccccc1.[Cl][Zr][Cl]. The molecule has 0 amide bonds. The molecule has 148 valence electrons. The van der Waals surface area contributed by atoms with E-state index >= 15 is 0 Å². The molecule has 0 aromatic heterocycles. The fourth-order valence-corrected chi connectivity index (χ4v) is 3.97. The van der Waals surface area contributed by atoms with Crippen molar-refractivity contribution < 1.29 is 20.8 Å². The normalized spacial score (nSPS) is 10.7. The van der Waals surface area contributed by atoms with Crippen LogP contribution in [0, 0.1) is 12.8 Å². The van der Waals surface area contributed by atoms with Crippen LogP contribution in [0.5, 0.6) is 0 Å². The Morgan fingerprint density at radius 3 is 2.14 bits per heavy atom. The molecule has 0 bridgehead atoms. The topological polar surface area (TPSA) is 0 Å². The molecule has 0 aliphatic rings. The Labute approximate surface area is 192 Å². The second-order valence-corrected chi connectivity index (χ2v) is 11.4. The molecule has 0 unspecified atom stereocenters. The minimum absolute atomic E-state index is 0.674. The molecule has 29 heavy (non-hydrogen) atoms. The van der Waals surface area contributed by atoms with Gasteiger partial charge in [-0.2, -0.15) is 6.07 Å². The molecule has 4 aromatic rings. The molecule has 0 aliphatic carbocycles. The zero-order chi connectivity index (χ0) is 20.8. The molecular formula is C26H25Cl2Zr-. The van der Waals surface area contributed by atoms with Crippen LogP contribution < -0.4 is 0 Å². The van der Waals surface area contributed by atoms with Gasteiger partial charge in [0.15, 0.2) is 0 Å². The first kappa shape index (κ1) is 22.4. The van der Waals surface area contributed by atoms with Crippen LogP contribution in [0.3, 0.4) is 0 Å². The van der Waals surface area contributed by atoms with Gasteiger partial charge in [0.1, 0.15) is 0 Å². The molecule has 0 heterocycles. The number of benzene rings is 3. The summed E-state index contributed by atoms with van der Waals surface area (Å²) in [5.41, 5.74) is 8.05. The molecule has 0 spiro atoms. The summed E-state index contributed by atoms with van der Waals surface area (Å²) in [6.45, 7) is 6.80. The second-order valence-electron chi connectivity index (χ2n) is 7.70. The van der Waals surface area contributed by atoms with E-state index in [0.717, 1.165) is 6.42 Å². The summed E-state index contributed by atoms with van der Waals surface area (Å²) in [6.07, 6.45) is 1.13. The fraction of sp³-hybridized carbons (Fsp3) is 0.192. The Balaban J connectivity index is 0.000000755. The van der Waals surface area contributed by atoms with E-state index in [4.69, 9.17) is 17.0 Å². The predicted octanol–water partition coefficient (Wildman–Crippen LogP) is 8.78. The van der Waals surface area contributed by atoms with E-state index in [-0.39, 0.29) is 0 Å². The van der Waals surface area contributed by atoms with Crippen LogP contribution in [0.1, 0.15) is 25.0 Å². The quantitative estimate of drug-likeness (QED) is 0.246. The average Bonchev–Trinajstić information content (AvgIpc) is 3.11. The predicted molar refractivity (Wildman–Crippen MR) is 125 cm³/mol. The van der Waals surface area contributed by atoms with Crippen LogP contribution >= 0.6 is 17.0 Å². The zero-order valence-corrected chi connectivity index (χ0v) is 21.0. The standard InChI is InChI=1S/C26H25.2ClH.Zr/c1-18(2)15-20-16-22-14-13-19(3)26(25(22)17-20)24-12-8-7-11-23(24)21-9-5-4-6-10-21;;;/h4-14,16-18H,15H2,1-3H3;2*1H;/q-1;;;+2/p-2. The summed E-state index contributed by atoms with van der Waals surface area (Å²) in [5, 5.41) is 2.73. The first-order valence-corrected chi connectivity index (χ1v) is 16.2. The first-order chi connectivity index (χ1) is 14.0. The van der Waals surface area contributed by atoms with Crippen molar-refractivity contribution in [3.8, 4) is 22.3 Å². The Bertz CT molecular complexity index is 1060. The van der Waals surface area contributed by atoms with Crippen molar-refractivity contribution in [2.75, 3.05) is 0 Å². The van der Waals surface area contributed by atoms with Crippen molar-refractivity contribution in [2.45, 2.75) is 27.2 Å². The van der Waals surface area contributed by atoms with Gasteiger partial charge in [0.2, 0.25) is 0 Å². The van der Waals surface area contributed by atoms with Crippen molar-refractivity contribution in [1.82, 2.24) is 0 Å². The van der Waals surface area contributed by atoms with E-state index in [9.17, 15) is 0 Å². The Kier molecular flexibility index (Phi) is 8.25. The number of hydrogen-bond donors (Lipinski definition) is 0. The number of halogens is 2. The third-order valence-corrected chi connectivity index (χ3v) is 5.08. The fourth-order valence-electron chi connectivity index (χ4n) is 3.97. The van der Waals surface area contributed by atoms with E-state index in [0.29, 0.717) is 5.92 Å². The summed E-state index contributed by atoms with van der Waals surface area (Å²) >= 11 is -0.826. The minimum atomic E-state index is -0.826. The monoisotopic (exact) mass is 497 g/mol. The van der Waals surface area contributed by atoms with Crippen molar-refractivity contribution >= 4 is 27.8 Å². The molecule has 0 radical (unpaired) electrons. The van der Waals surface area contributed by atoms with E-state index in [2.05, 4.69) is 99.6 Å². The molecule has 4 aromatic carbocycles. The zero-order valence-electron chi connectivity index (χ0n) is 17.0. The molecular weight excluding hydrogens is 474 g/mol. The van der Waals surface area contributed by atoms with Gasteiger partial charge in [-0.15, -0.1) is 34.5 Å². The van der Waals surface area contributed by atoms with Gasteiger partial charge in [0.25, 0.3) is 0 Å². The van der Waals surface area contributed by atoms with Crippen molar-refractivity contribution in [3.63, 3.8) is 0 Å². The van der Waals surface area contributed by atoms with Gasteiger partial charge in [0.05, 0.1) is 0 Å². The third kappa shape index (κ3) is 5.46. The van der Waals surface area contributed by atoms with E-state index < -0.39 is 20.8 Å². The van der Waals surface area contributed by atoms with Gasteiger partial charge >= 0.3 is 37.9 Å². The van der Waals surface area contributed by atoms with Crippen LogP contribution in [-0.4, -0.2) is 0 Å². The van der Waals surface area contributed by atoms with Crippen molar-refractivity contribution in [2.24, 2.45) is 5.92 Å². The van der Waals surface area contributed by atoms with Gasteiger partial charge in [-0.1, -0.05) is 79.6 Å². The van der Waals surface area contributed by atoms with E-state index in [1.165, 1.54) is 44.2 Å². The van der Waals surface area contributed by atoms with E-state index in [1.807, 2.05) is 0 Å². The molecule has 0 aliphatic heterocycles. The summed E-state index contributed by atoms with van der Waals surface area (Å²) in [7, 11) is 9.87. The Morgan fingerprint density at radius 1 is 0.862 bits per heavy atom. The molecule has 0 fully saturated rings. The summed E-state index contributed by atoms with van der Waals surface area (Å²) in [6, 6.07) is 28.8.